The monoisotopic (exact) mass is 629 g/mol. The van der Waals surface area contributed by atoms with Gasteiger partial charge in [0.25, 0.3) is 0 Å². The van der Waals surface area contributed by atoms with Crippen molar-refractivity contribution in [2.75, 3.05) is 19.6 Å². The van der Waals surface area contributed by atoms with Gasteiger partial charge in [0.05, 0.1) is 11.6 Å². The minimum Gasteiger partial charge on any atom is -0.353 e. The summed E-state index contributed by atoms with van der Waals surface area (Å²) in [6.07, 6.45) is 3.88. The van der Waals surface area contributed by atoms with E-state index in [1.807, 2.05) is 30.9 Å². The Balaban J connectivity index is 1.39. The van der Waals surface area contributed by atoms with E-state index in [-0.39, 0.29) is 36.1 Å². The van der Waals surface area contributed by atoms with Gasteiger partial charge in [-0.25, -0.2) is 4.39 Å². The highest BCUT2D eigenvalue weighted by Gasteiger charge is 2.41. The molecule has 2 fully saturated rings. The average molecular weight is 630 g/mol. The van der Waals surface area contributed by atoms with Crippen molar-refractivity contribution in [1.29, 1.82) is 0 Å². The number of piperazine rings is 1. The zero-order valence-electron chi connectivity index (χ0n) is 27.5. The number of carbonyl (C=O) groups excluding carboxylic acids is 3. The number of carbonyl (C=O) groups is 3. The number of hydrogen-bond donors (Lipinski definition) is 3. The Labute approximate surface area is 271 Å². The maximum absolute atomic E-state index is 14.3. The molecule has 2 aliphatic rings. The van der Waals surface area contributed by atoms with Crippen LogP contribution in [0.2, 0.25) is 0 Å². The largest absolute Gasteiger partial charge is 0.353 e. The summed E-state index contributed by atoms with van der Waals surface area (Å²) in [7, 11) is 0. The third-order valence-electron chi connectivity index (χ3n) is 9.06. The highest BCUT2D eigenvalue weighted by molar-refractivity contribution is 5.92. The number of amides is 3. The Bertz CT molecular complexity index is 1530. The summed E-state index contributed by atoms with van der Waals surface area (Å²) >= 11 is 0. The lowest BCUT2D eigenvalue weighted by molar-refractivity contribution is -0.143. The van der Waals surface area contributed by atoms with Crippen LogP contribution in [0.3, 0.4) is 0 Å². The third-order valence-corrected chi connectivity index (χ3v) is 9.06. The number of benzene rings is 3. The molecule has 5 rings (SSSR count). The molecular formula is C37H48FN5O3. The van der Waals surface area contributed by atoms with Crippen LogP contribution >= 0.6 is 0 Å². The van der Waals surface area contributed by atoms with Crippen molar-refractivity contribution >= 4 is 28.5 Å². The van der Waals surface area contributed by atoms with Crippen molar-refractivity contribution in [3.05, 3.63) is 83.7 Å². The first kappa shape index (κ1) is 33.5. The molecule has 46 heavy (non-hydrogen) atoms. The van der Waals surface area contributed by atoms with Crippen molar-refractivity contribution in [3.63, 3.8) is 0 Å². The van der Waals surface area contributed by atoms with Crippen molar-refractivity contribution < 1.29 is 18.8 Å². The summed E-state index contributed by atoms with van der Waals surface area (Å²) in [6, 6.07) is 19.2. The van der Waals surface area contributed by atoms with Crippen molar-refractivity contribution in [3.8, 4) is 0 Å². The third kappa shape index (κ3) is 8.70. The Morgan fingerprint density at radius 3 is 2.24 bits per heavy atom. The lowest BCUT2D eigenvalue weighted by Crippen LogP contribution is -2.64. The summed E-state index contributed by atoms with van der Waals surface area (Å²) in [6.45, 7) is 8.66. The molecule has 1 heterocycles. The fraction of sp³-hybridized carbons (Fsp3) is 0.486. The van der Waals surface area contributed by atoms with Crippen LogP contribution in [0.15, 0.2) is 66.7 Å². The predicted molar refractivity (Wildman–Crippen MR) is 179 cm³/mol. The summed E-state index contributed by atoms with van der Waals surface area (Å²) in [5.41, 5.74) is 6.76. The van der Waals surface area contributed by atoms with Gasteiger partial charge in [0, 0.05) is 38.1 Å². The van der Waals surface area contributed by atoms with Crippen LogP contribution in [0.5, 0.6) is 0 Å². The summed E-state index contributed by atoms with van der Waals surface area (Å²) in [4.78, 5) is 45.2. The minimum atomic E-state index is -1.17. The second-order valence-corrected chi connectivity index (χ2v) is 14.0. The van der Waals surface area contributed by atoms with Gasteiger partial charge < -0.3 is 21.3 Å². The number of hydrogen-bond acceptors (Lipinski definition) is 5. The molecule has 0 spiro atoms. The van der Waals surface area contributed by atoms with E-state index < -0.39 is 23.5 Å². The fourth-order valence-electron chi connectivity index (χ4n) is 6.35. The standard InChI is InChI=1S/C37H48FN5O3/c1-24(2)40-34(44)33(22-27-11-14-28-7-5-6-8-29(28)19-27)42-17-18-43(31(23-42)20-25-9-10-25)35(45)32(41-36(46)37(3,4)39)21-26-12-15-30(38)16-13-26/h5-8,11-16,19,24-25,31-33H,9-10,17-18,20-23,39H2,1-4H3,(H,40,44)(H,41,46). The zero-order chi connectivity index (χ0) is 33.0. The quantitative estimate of drug-likeness (QED) is 0.279. The van der Waals surface area contributed by atoms with E-state index in [9.17, 15) is 18.8 Å². The lowest BCUT2D eigenvalue weighted by atomic mass is 9.96. The van der Waals surface area contributed by atoms with Crippen molar-refractivity contribution in [2.24, 2.45) is 11.7 Å². The number of nitrogens with two attached hydrogens (primary N) is 1. The van der Waals surface area contributed by atoms with Gasteiger partial charge in [-0.1, -0.05) is 67.4 Å². The molecule has 3 unspecified atom stereocenters. The number of halogens is 1. The molecule has 1 saturated carbocycles. The minimum absolute atomic E-state index is 0.000594. The van der Waals surface area contributed by atoms with E-state index in [1.165, 1.54) is 12.1 Å². The van der Waals surface area contributed by atoms with Gasteiger partial charge >= 0.3 is 0 Å². The number of nitrogens with one attached hydrogen (secondary N) is 2. The first-order chi connectivity index (χ1) is 21.9. The highest BCUT2D eigenvalue weighted by atomic mass is 19.1. The SMILES string of the molecule is CC(C)NC(=O)C(Cc1ccc2ccccc2c1)N1CCN(C(=O)C(Cc2ccc(F)cc2)NC(=O)C(C)(C)N)C(CC2CC2)C1. The normalized spacial score (nSPS) is 18.8. The van der Waals surface area contributed by atoms with Crippen LogP contribution in [-0.2, 0) is 27.2 Å². The molecule has 0 radical (unpaired) electrons. The van der Waals surface area contributed by atoms with Gasteiger partial charge in [-0.3, -0.25) is 19.3 Å². The molecule has 3 atom stereocenters. The van der Waals surface area contributed by atoms with Crippen LogP contribution in [0.1, 0.15) is 58.1 Å². The first-order valence-corrected chi connectivity index (χ1v) is 16.5. The van der Waals surface area contributed by atoms with Crippen LogP contribution in [-0.4, -0.2) is 76.9 Å². The van der Waals surface area contributed by atoms with Crippen LogP contribution in [0, 0.1) is 11.7 Å². The molecule has 9 heteroatoms. The van der Waals surface area contributed by atoms with E-state index in [0.717, 1.165) is 41.2 Å². The van der Waals surface area contributed by atoms with Crippen molar-refractivity contribution in [2.45, 2.75) is 89.5 Å². The highest BCUT2D eigenvalue weighted by Crippen LogP contribution is 2.36. The summed E-state index contributed by atoms with van der Waals surface area (Å²) in [5.74, 6) is -0.438. The van der Waals surface area contributed by atoms with E-state index in [2.05, 4.69) is 45.9 Å². The Hall–Kier alpha value is -3.82. The van der Waals surface area contributed by atoms with E-state index in [4.69, 9.17) is 5.73 Å². The lowest BCUT2D eigenvalue weighted by Gasteiger charge is -2.45. The summed E-state index contributed by atoms with van der Waals surface area (Å²) in [5, 5.41) is 8.34. The molecule has 3 amide bonds. The Kier molecular flexibility index (Phi) is 10.4. The summed E-state index contributed by atoms with van der Waals surface area (Å²) < 4.78 is 13.7. The Morgan fingerprint density at radius 2 is 1.59 bits per heavy atom. The number of rotatable bonds is 12. The molecule has 0 bridgehead atoms. The van der Waals surface area contributed by atoms with Gasteiger partial charge in [0.1, 0.15) is 11.9 Å². The molecule has 3 aromatic carbocycles. The fourth-order valence-corrected chi connectivity index (χ4v) is 6.35. The van der Waals surface area contributed by atoms with Gasteiger partial charge in [-0.15, -0.1) is 0 Å². The number of fused-ring (bicyclic) bond motifs is 1. The van der Waals surface area contributed by atoms with Crippen molar-refractivity contribution in [1.82, 2.24) is 20.4 Å². The first-order valence-electron chi connectivity index (χ1n) is 16.5. The molecule has 1 aliphatic carbocycles. The predicted octanol–water partition coefficient (Wildman–Crippen LogP) is 4.19. The van der Waals surface area contributed by atoms with Gasteiger partial charge in [0.2, 0.25) is 17.7 Å². The molecule has 1 aliphatic heterocycles. The van der Waals surface area contributed by atoms with Gasteiger partial charge in [0.15, 0.2) is 0 Å². The molecular weight excluding hydrogens is 581 g/mol. The molecule has 0 aromatic heterocycles. The smallest absolute Gasteiger partial charge is 0.245 e. The Morgan fingerprint density at radius 1 is 0.913 bits per heavy atom. The maximum atomic E-state index is 14.3. The molecule has 8 nitrogen and oxygen atoms in total. The maximum Gasteiger partial charge on any atom is 0.245 e. The van der Waals surface area contributed by atoms with Gasteiger partial charge in [-0.2, -0.15) is 0 Å². The molecule has 1 saturated heterocycles. The van der Waals surface area contributed by atoms with Crippen LogP contribution in [0.25, 0.3) is 10.8 Å². The molecule has 246 valence electrons. The topological polar surface area (TPSA) is 108 Å². The zero-order valence-corrected chi connectivity index (χ0v) is 27.5. The van der Waals surface area contributed by atoms with Crippen LogP contribution < -0.4 is 16.4 Å². The molecule has 4 N–H and O–H groups in total. The molecule has 3 aromatic rings. The number of nitrogens with zero attached hydrogens (tertiary/aromatic N) is 2. The van der Waals surface area contributed by atoms with E-state index >= 15 is 0 Å². The van der Waals surface area contributed by atoms with Gasteiger partial charge in [-0.05, 0) is 80.5 Å². The van der Waals surface area contributed by atoms with Crippen LogP contribution in [0.4, 0.5) is 4.39 Å². The average Bonchev–Trinajstić information content (AvgIpc) is 3.83. The van der Waals surface area contributed by atoms with E-state index in [1.54, 1.807) is 26.0 Å². The second kappa shape index (κ2) is 14.3. The second-order valence-electron chi connectivity index (χ2n) is 14.0. The van der Waals surface area contributed by atoms with E-state index in [0.29, 0.717) is 32.0 Å².